The normalized spacial score (nSPS) is 10.4. The minimum atomic E-state index is -0.222. The summed E-state index contributed by atoms with van der Waals surface area (Å²) in [7, 11) is 1.52. The molecule has 0 aliphatic rings. The summed E-state index contributed by atoms with van der Waals surface area (Å²) in [5, 5.41) is 12.1. The third-order valence-electron chi connectivity index (χ3n) is 3.30. The average molecular weight is 348 g/mol. The van der Waals surface area contributed by atoms with Gasteiger partial charge in [-0.1, -0.05) is 11.6 Å². The number of nitrogens with one attached hydrogen (secondary N) is 1. The third-order valence-corrected chi connectivity index (χ3v) is 3.54. The van der Waals surface area contributed by atoms with Crippen molar-refractivity contribution in [1.82, 2.24) is 4.90 Å². The van der Waals surface area contributed by atoms with Crippen LogP contribution in [0.4, 0.5) is 5.69 Å². The minimum Gasteiger partial charge on any atom is -0.495 e. The molecule has 0 saturated carbocycles. The van der Waals surface area contributed by atoms with E-state index in [0.29, 0.717) is 36.0 Å². The SMILES string of the molecule is COc1ccc(Cl)cc1NC(=O)CN(CCC#N)Cc1ccco1. The lowest BCUT2D eigenvalue weighted by atomic mass is 10.3. The van der Waals surface area contributed by atoms with Crippen molar-refractivity contribution in [2.45, 2.75) is 13.0 Å². The van der Waals surface area contributed by atoms with Crippen LogP contribution < -0.4 is 10.1 Å². The molecule has 2 aromatic rings. The lowest BCUT2D eigenvalue weighted by Gasteiger charge is -2.20. The lowest BCUT2D eigenvalue weighted by molar-refractivity contribution is -0.117. The van der Waals surface area contributed by atoms with E-state index in [1.807, 2.05) is 11.0 Å². The Balaban J connectivity index is 2.01. The minimum absolute atomic E-state index is 0.123. The van der Waals surface area contributed by atoms with Crippen molar-refractivity contribution < 1.29 is 13.9 Å². The van der Waals surface area contributed by atoms with Gasteiger partial charge >= 0.3 is 0 Å². The van der Waals surface area contributed by atoms with Gasteiger partial charge in [0.1, 0.15) is 11.5 Å². The summed E-state index contributed by atoms with van der Waals surface area (Å²) in [6.07, 6.45) is 1.91. The number of amides is 1. The predicted octanol–water partition coefficient (Wildman–Crippen LogP) is 3.30. The summed E-state index contributed by atoms with van der Waals surface area (Å²) in [5.74, 6) is 1.04. The van der Waals surface area contributed by atoms with Gasteiger partial charge in [0, 0.05) is 18.0 Å². The number of furan rings is 1. The molecule has 1 N–H and O–H groups in total. The number of ether oxygens (including phenoxy) is 1. The maximum atomic E-state index is 12.3. The quantitative estimate of drug-likeness (QED) is 0.792. The number of carbonyl (C=O) groups excluding carboxylic acids is 1. The van der Waals surface area contributed by atoms with Gasteiger partial charge in [0.15, 0.2) is 0 Å². The van der Waals surface area contributed by atoms with E-state index >= 15 is 0 Å². The van der Waals surface area contributed by atoms with Crippen LogP contribution in [0, 0.1) is 11.3 Å². The van der Waals surface area contributed by atoms with Crippen LogP contribution in [0.3, 0.4) is 0 Å². The second-order valence-corrected chi connectivity index (χ2v) is 5.53. The molecule has 0 fully saturated rings. The first kappa shape index (κ1) is 17.9. The molecule has 24 heavy (non-hydrogen) atoms. The fraction of sp³-hybridized carbons (Fsp3) is 0.294. The highest BCUT2D eigenvalue weighted by Gasteiger charge is 2.14. The summed E-state index contributed by atoms with van der Waals surface area (Å²) in [6, 6.07) is 10.7. The molecule has 0 bridgehead atoms. The summed E-state index contributed by atoms with van der Waals surface area (Å²) < 4.78 is 10.5. The molecule has 126 valence electrons. The van der Waals surface area contributed by atoms with E-state index in [0.717, 1.165) is 5.76 Å². The summed E-state index contributed by atoms with van der Waals surface area (Å²) in [6.45, 7) is 1.05. The molecule has 7 heteroatoms. The summed E-state index contributed by atoms with van der Waals surface area (Å²) >= 11 is 5.96. The number of hydrogen-bond donors (Lipinski definition) is 1. The van der Waals surface area contributed by atoms with Crippen molar-refractivity contribution in [2.24, 2.45) is 0 Å². The maximum Gasteiger partial charge on any atom is 0.238 e. The number of anilines is 1. The van der Waals surface area contributed by atoms with Crippen LogP contribution in [-0.4, -0.2) is 31.0 Å². The highest BCUT2D eigenvalue weighted by molar-refractivity contribution is 6.31. The maximum absolute atomic E-state index is 12.3. The van der Waals surface area contributed by atoms with Gasteiger partial charge in [-0.3, -0.25) is 9.69 Å². The first-order valence-electron chi connectivity index (χ1n) is 7.37. The molecular weight excluding hydrogens is 330 g/mol. The molecule has 0 spiro atoms. The van der Waals surface area contributed by atoms with Crippen molar-refractivity contribution in [1.29, 1.82) is 5.26 Å². The number of hydrogen-bond acceptors (Lipinski definition) is 5. The topological polar surface area (TPSA) is 78.5 Å². The van der Waals surface area contributed by atoms with E-state index in [1.54, 1.807) is 30.5 Å². The van der Waals surface area contributed by atoms with Crippen molar-refractivity contribution in [2.75, 3.05) is 25.5 Å². The Morgan fingerprint density at radius 3 is 2.96 bits per heavy atom. The number of halogens is 1. The van der Waals surface area contributed by atoms with Gasteiger partial charge in [0.2, 0.25) is 5.91 Å². The number of carbonyl (C=O) groups is 1. The van der Waals surface area contributed by atoms with Gasteiger partial charge in [-0.05, 0) is 30.3 Å². The van der Waals surface area contributed by atoms with Crippen molar-refractivity contribution in [3.63, 3.8) is 0 Å². The molecule has 1 aromatic carbocycles. The lowest BCUT2D eigenvalue weighted by Crippen LogP contribution is -2.33. The zero-order valence-electron chi connectivity index (χ0n) is 13.3. The first-order chi connectivity index (χ1) is 11.6. The van der Waals surface area contributed by atoms with E-state index in [9.17, 15) is 4.79 Å². The Bertz CT molecular complexity index is 710. The molecule has 6 nitrogen and oxygen atoms in total. The van der Waals surface area contributed by atoms with Crippen LogP contribution in [0.25, 0.3) is 0 Å². The number of nitrogens with zero attached hydrogens (tertiary/aromatic N) is 2. The van der Waals surface area contributed by atoms with Gasteiger partial charge in [-0.2, -0.15) is 5.26 Å². The number of benzene rings is 1. The molecule has 0 aliphatic carbocycles. The standard InChI is InChI=1S/C17H18ClN3O3/c1-23-16-6-5-13(18)10-15(16)20-17(22)12-21(8-3-7-19)11-14-4-2-9-24-14/h2,4-6,9-10H,3,8,11-12H2,1H3,(H,20,22). The Morgan fingerprint density at radius 2 is 2.29 bits per heavy atom. The Hall–Kier alpha value is -2.49. The van der Waals surface area contributed by atoms with Crippen molar-refractivity contribution in [3.05, 3.63) is 47.4 Å². The summed E-state index contributed by atoms with van der Waals surface area (Å²) in [5.41, 5.74) is 0.508. The predicted molar refractivity (Wildman–Crippen MR) is 90.8 cm³/mol. The van der Waals surface area contributed by atoms with E-state index in [2.05, 4.69) is 11.4 Å². The second-order valence-electron chi connectivity index (χ2n) is 5.09. The molecule has 0 aliphatic heterocycles. The number of methoxy groups -OCH3 is 1. The van der Waals surface area contributed by atoms with Crippen LogP contribution in [0.5, 0.6) is 5.75 Å². The Labute approximate surface area is 145 Å². The highest BCUT2D eigenvalue weighted by atomic mass is 35.5. The van der Waals surface area contributed by atoms with Crippen LogP contribution in [0.2, 0.25) is 5.02 Å². The molecule has 0 saturated heterocycles. The molecule has 2 rings (SSSR count). The van der Waals surface area contributed by atoms with Gasteiger partial charge in [-0.25, -0.2) is 0 Å². The number of nitriles is 1. The second kappa shape index (κ2) is 8.96. The fourth-order valence-corrected chi connectivity index (χ4v) is 2.39. The fourth-order valence-electron chi connectivity index (χ4n) is 2.22. The van der Waals surface area contributed by atoms with Gasteiger partial charge in [0.25, 0.3) is 0 Å². The van der Waals surface area contributed by atoms with Gasteiger partial charge in [0.05, 0.1) is 38.2 Å². The highest BCUT2D eigenvalue weighted by Crippen LogP contribution is 2.27. The molecule has 1 aromatic heterocycles. The largest absolute Gasteiger partial charge is 0.495 e. The average Bonchev–Trinajstić information content (AvgIpc) is 3.05. The van der Waals surface area contributed by atoms with Gasteiger partial charge in [-0.15, -0.1) is 0 Å². The Morgan fingerprint density at radius 1 is 1.46 bits per heavy atom. The Kier molecular flexibility index (Phi) is 6.67. The smallest absolute Gasteiger partial charge is 0.238 e. The summed E-state index contributed by atoms with van der Waals surface area (Å²) in [4.78, 5) is 14.2. The monoisotopic (exact) mass is 347 g/mol. The van der Waals surface area contributed by atoms with Crippen molar-refractivity contribution >= 4 is 23.2 Å². The third kappa shape index (κ3) is 5.30. The van der Waals surface area contributed by atoms with E-state index < -0.39 is 0 Å². The van der Waals surface area contributed by atoms with Crippen LogP contribution in [0.15, 0.2) is 41.0 Å². The number of rotatable bonds is 8. The molecule has 1 amide bonds. The van der Waals surface area contributed by atoms with E-state index in [1.165, 1.54) is 7.11 Å². The molecule has 1 heterocycles. The molecule has 0 unspecified atom stereocenters. The molecule has 0 radical (unpaired) electrons. The first-order valence-corrected chi connectivity index (χ1v) is 7.75. The van der Waals surface area contributed by atoms with Crippen molar-refractivity contribution in [3.8, 4) is 11.8 Å². The van der Waals surface area contributed by atoms with Gasteiger partial charge < -0.3 is 14.5 Å². The zero-order chi connectivity index (χ0) is 17.4. The zero-order valence-corrected chi connectivity index (χ0v) is 14.0. The van der Waals surface area contributed by atoms with Crippen LogP contribution in [0.1, 0.15) is 12.2 Å². The van der Waals surface area contributed by atoms with E-state index in [-0.39, 0.29) is 12.5 Å². The van der Waals surface area contributed by atoms with E-state index in [4.69, 9.17) is 26.0 Å². The molecular formula is C17H18ClN3O3. The molecule has 0 atom stereocenters. The van der Waals surface area contributed by atoms with Crippen LogP contribution >= 0.6 is 11.6 Å². The van der Waals surface area contributed by atoms with Crippen LogP contribution in [-0.2, 0) is 11.3 Å².